The van der Waals surface area contributed by atoms with Gasteiger partial charge in [-0.25, -0.2) is 4.98 Å². The van der Waals surface area contributed by atoms with Crippen LogP contribution in [-0.2, 0) is 22.7 Å². The second-order valence-electron chi connectivity index (χ2n) is 7.04. The van der Waals surface area contributed by atoms with Gasteiger partial charge in [0.25, 0.3) is 0 Å². The molecular weight excluding hydrogens is 396 g/mol. The third-order valence-corrected chi connectivity index (χ3v) is 6.14. The van der Waals surface area contributed by atoms with Crippen LogP contribution in [0.4, 0.5) is 5.82 Å². The summed E-state index contributed by atoms with van der Waals surface area (Å²) in [5, 5.41) is 4.34. The third-order valence-electron chi connectivity index (χ3n) is 4.88. The van der Waals surface area contributed by atoms with E-state index in [1.165, 1.54) is 20.5 Å². The van der Waals surface area contributed by atoms with Crippen LogP contribution in [0.5, 0.6) is 0 Å². The Hall–Kier alpha value is -3.03. The van der Waals surface area contributed by atoms with Gasteiger partial charge in [-0.2, -0.15) is 0 Å². The fourth-order valence-electron chi connectivity index (χ4n) is 3.15. The van der Waals surface area contributed by atoms with Crippen molar-refractivity contribution >= 4 is 45.5 Å². The third kappa shape index (κ3) is 5.11. The minimum absolute atomic E-state index is 0.0747. The minimum Gasteiger partial charge on any atom is -0.369 e. The summed E-state index contributed by atoms with van der Waals surface area (Å²) in [5.74, 6) is 0.592. The summed E-state index contributed by atoms with van der Waals surface area (Å²) in [4.78, 5) is 30.3. The first-order valence-electron chi connectivity index (χ1n) is 9.80. The normalized spacial score (nSPS) is 11.2. The van der Waals surface area contributed by atoms with Crippen LogP contribution in [0.15, 0.2) is 42.6 Å². The summed E-state index contributed by atoms with van der Waals surface area (Å²) in [7, 11) is 1.81. The van der Waals surface area contributed by atoms with E-state index in [1.54, 1.807) is 41.6 Å². The molecule has 7 heteroatoms. The Labute approximate surface area is 180 Å². The van der Waals surface area contributed by atoms with Crippen LogP contribution < -0.4 is 11.1 Å². The highest BCUT2D eigenvalue weighted by Crippen LogP contribution is 2.31. The number of carbonyl (C=O) groups is 2. The highest BCUT2D eigenvalue weighted by molar-refractivity contribution is 7.19. The molecule has 6 nitrogen and oxygen atoms in total. The van der Waals surface area contributed by atoms with Crippen molar-refractivity contribution in [1.82, 2.24) is 9.88 Å². The first kappa shape index (κ1) is 21.7. The van der Waals surface area contributed by atoms with Crippen LogP contribution in [-0.4, -0.2) is 35.7 Å². The predicted octanol–water partition coefficient (Wildman–Crippen LogP) is 3.74. The molecule has 0 atom stereocenters. The van der Waals surface area contributed by atoms with Crippen molar-refractivity contribution in [3.63, 3.8) is 0 Å². The van der Waals surface area contributed by atoms with E-state index in [0.717, 1.165) is 17.4 Å². The van der Waals surface area contributed by atoms with Gasteiger partial charge in [0.05, 0.1) is 6.54 Å². The van der Waals surface area contributed by atoms with Gasteiger partial charge >= 0.3 is 0 Å². The van der Waals surface area contributed by atoms with Crippen LogP contribution in [0.3, 0.4) is 0 Å². The lowest BCUT2D eigenvalue weighted by molar-refractivity contribution is -0.125. The topological polar surface area (TPSA) is 88.3 Å². The first-order valence-corrected chi connectivity index (χ1v) is 10.6. The van der Waals surface area contributed by atoms with Gasteiger partial charge in [0.2, 0.25) is 5.91 Å². The van der Waals surface area contributed by atoms with Gasteiger partial charge < -0.3 is 20.7 Å². The van der Waals surface area contributed by atoms with E-state index >= 15 is 0 Å². The Morgan fingerprint density at radius 1 is 1.33 bits per heavy atom. The molecule has 0 fully saturated rings. The number of benzene rings is 1. The van der Waals surface area contributed by atoms with E-state index in [0.29, 0.717) is 31.9 Å². The summed E-state index contributed by atoms with van der Waals surface area (Å²) in [6.45, 7) is 3.50. The minimum atomic E-state index is -0.0747. The maximum atomic E-state index is 12.6. The zero-order valence-corrected chi connectivity index (χ0v) is 18.0. The number of aromatic nitrogens is 1. The van der Waals surface area contributed by atoms with Gasteiger partial charge in [0.1, 0.15) is 12.1 Å². The summed E-state index contributed by atoms with van der Waals surface area (Å²) >= 11 is 1.73. The van der Waals surface area contributed by atoms with E-state index in [9.17, 15) is 9.59 Å². The zero-order valence-electron chi connectivity index (χ0n) is 17.2. The van der Waals surface area contributed by atoms with E-state index in [1.807, 2.05) is 18.2 Å². The Morgan fingerprint density at radius 3 is 2.87 bits per heavy atom. The number of hydrogen-bond acceptors (Lipinski definition) is 6. The van der Waals surface area contributed by atoms with Crippen molar-refractivity contribution in [3.8, 4) is 0 Å². The quantitative estimate of drug-likeness (QED) is 0.312. The monoisotopic (exact) mass is 422 g/mol. The molecule has 0 spiro atoms. The number of thiophene rings is 1. The maximum absolute atomic E-state index is 12.6. The van der Waals surface area contributed by atoms with Crippen molar-refractivity contribution in [1.29, 1.82) is 0 Å². The lowest BCUT2D eigenvalue weighted by atomic mass is 10.1. The summed E-state index contributed by atoms with van der Waals surface area (Å²) in [5.41, 5.74) is 8.68. The molecule has 3 aromatic rings. The summed E-state index contributed by atoms with van der Waals surface area (Å²) in [6, 6.07) is 10.2. The number of amides is 1. The molecule has 0 saturated carbocycles. The van der Waals surface area contributed by atoms with E-state index in [4.69, 9.17) is 5.73 Å². The molecule has 0 saturated heterocycles. The lowest BCUT2D eigenvalue weighted by Crippen LogP contribution is -2.23. The van der Waals surface area contributed by atoms with Crippen LogP contribution in [0, 0.1) is 6.92 Å². The summed E-state index contributed by atoms with van der Waals surface area (Å²) in [6.07, 6.45) is 6.25. The number of rotatable bonds is 9. The molecule has 1 amide bonds. The van der Waals surface area contributed by atoms with Crippen LogP contribution in [0.1, 0.15) is 28.0 Å². The molecule has 3 rings (SSSR count). The number of fused-ring (bicyclic) bond motifs is 1. The number of nitrogens with zero attached hydrogens (tertiary/aromatic N) is 2. The molecule has 0 aliphatic heterocycles. The molecule has 0 aliphatic carbocycles. The average molecular weight is 423 g/mol. The Bertz CT molecular complexity index is 1070. The Kier molecular flexibility index (Phi) is 7.32. The van der Waals surface area contributed by atoms with Gasteiger partial charge in [-0.05, 0) is 41.6 Å². The Morgan fingerprint density at radius 2 is 2.13 bits per heavy atom. The van der Waals surface area contributed by atoms with Crippen LogP contribution >= 0.6 is 11.3 Å². The van der Waals surface area contributed by atoms with Gasteiger partial charge in [-0.15, -0.1) is 11.3 Å². The number of anilines is 1. The van der Waals surface area contributed by atoms with E-state index < -0.39 is 0 Å². The average Bonchev–Trinajstić information content (AvgIpc) is 3.08. The number of aryl methyl sites for hydroxylation is 1. The van der Waals surface area contributed by atoms with Crippen molar-refractivity contribution in [2.24, 2.45) is 5.73 Å². The number of likely N-dealkylation sites (N-methyl/N-ethyl adjacent to an activating group) is 1. The molecule has 0 aliphatic rings. The SMILES string of the molecule is Cc1c(CN(C)C(=O)C=Cc2cnc(NCCC=O)c(CN)c2)sc2ccccc12. The molecule has 1 aromatic carbocycles. The molecule has 2 aromatic heterocycles. The van der Waals surface area contributed by atoms with Gasteiger partial charge in [-0.3, -0.25) is 4.79 Å². The largest absolute Gasteiger partial charge is 0.369 e. The van der Waals surface area contributed by atoms with Crippen molar-refractivity contribution in [2.75, 3.05) is 18.9 Å². The highest BCUT2D eigenvalue weighted by atomic mass is 32.1. The van der Waals surface area contributed by atoms with E-state index in [2.05, 4.69) is 29.4 Å². The van der Waals surface area contributed by atoms with Gasteiger partial charge in [0, 0.05) is 54.0 Å². The molecule has 2 heterocycles. The number of pyridine rings is 1. The number of aldehydes is 1. The smallest absolute Gasteiger partial charge is 0.246 e. The predicted molar refractivity (Wildman–Crippen MR) is 123 cm³/mol. The molecule has 0 radical (unpaired) electrons. The number of nitrogens with one attached hydrogen (secondary N) is 1. The van der Waals surface area contributed by atoms with Crippen molar-refractivity contribution < 1.29 is 9.59 Å². The van der Waals surface area contributed by atoms with Gasteiger partial charge in [0.15, 0.2) is 0 Å². The molecule has 30 heavy (non-hydrogen) atoms. The Balaban J connectivity index is 1.66. The first-order chi connectivity index (χ1) is 14.5. The van der Waals surface area contributed by atoms with Gasteiger partial charge in [-0.1, -0.05) is 18.2 Å². The second kappa shape index (κ2) is 10.1. The van der Waals surface area contributed by atoms with E-state index in [-0.39, 0.29) is 5.91 Å². The van der Waals surface area contributed by atoms with Crippen LogP contribution in [0.2, 0.25) is 0 Å². The van der Waals surface area contributed by atoms with Crippen molar-refractivity contribution in [3.05, 3.63) is 64.2 Å². The number of hydrogen-bond donors (Lipinski definition) is 2. The molecular formula is C23H26N4O2S. The summed E-state index contributed by atoms with van der Waals surface area (Å²) < 4.78 is 1.24. The highest BCUT2D eigenvalue weighted by Gasteiger charge is 2.12. The fraction of sp³-hybridized carbons (Fsp3) is 0.261. The molecule has 0 bridgehead atoms. The maximum Gasteiger partial charge on any atom is 0.246 e. The van der Waals surface area contributed by atoms with Crippen LogP contribution in [0.25, 0.3) is 16.2 Å². The molecule has 3 N–H and O–H groups in total. The molecule has 156 valence electrons. The number of nitrogens with two attached hydrogens (primary N) is 1. The standard InChI is InChI=1S/C23H26N4O2S/c1-16-19-6-3-4-7-20(19)30-21(16)15-27(2)22(29)9-8-17-12-18(13-24)23(26-14-17)25-10-5-11-28/h3-4,6-9,11-12,14H,5,10,13,15,24H2,1-2H3,(H,25,26). The lowest BCUT2D eigenvalue weighted by Gasteiger charge is -2.14. The molecule has 0 unspecified atom stereocenters. The zero-order chi connectivity index (χ0) is 21.5. The fourth-order valence-corrected chi connectivity index (χ4v) is 4.41. The van der Waals surface area contributed by atoms with Crippen molar-refractivity contribution in [2.45, 2.75) is 26.4 Å². The second-order valence-corrected chi connectivity index (χ2v) is 8.17. The number of carbonyl (C=O) groups excluding carboxylic acids is 2.